The van der Waals surface area contributed by atoms with Crippen molar-refractivity contribution in [2.45, 2.75) is 19.9 Å². The third-order valence-corrected chi connectivity index (χ3v) is 6.08. The number of nitrogens with zero attached hydrogens (tertiary/aromatic N) is 3. The fourth-order valence-electron chi connectivity index (χ4n) is 4.40. The fourth-order valence-corrected chi connectivity index (χ4v) is 4.40. The fraction of sp³-hybridized carbons (Fsp3) is 0.269. The van der Waals surface area contributed by atoms with Crippen molar-refractivity contribution in [2.24, 2.45) is 7.05 Å². The molecule has 1 aliphatic rings. The molecule has 4 rings (SSSR count). The van der Waals surface area contributed by atoms with Crippen LogP contribution < -0.4 is 21.1 Å². The Labute approximate surface area is 203 Å². The third-order valence-electron chi connectivity index (χ3n) is 6.08. The van der Waals surface area contributed by atoms with Crippen molar-refractivity contribution < 1.29 is 14.3 Å². The maximum atomic E-state index is 13.5. The quantitative estimate of drug-likeness (QED) is 0.512. The number of ether oxygens (including phenoxy) is 1. The number of anilines is 1. The van der Waals surface area contributed by atoms with Crippen LogP contribution in [0.5, 0.6) is 0 Å². The van der Waals surface area contributed by atoms with E-state index in [9.17, 15) is 14.4 Å². The number of carbonyl (C=O) groups is 2. The van der Waals surface area contributed by atoms with E-state index >= 15 is 0 Å². The van der Waals surface area contributed by atoms with E-state index in [2.05, 4.69) is 10.6 Å². The first-order valence-corrected chi connectivity index (χ1v) is 11.4. The van der Waals surface area contributed by atoms with E-state index in [4.69, 9.17) is 4.74 Å². The molecule has 0 radical (unpaired) electrons. The second kappa shape index (κ2) is 9.92. The van der Waals surface area contributed by atoms with Gasteiger partial charge < -0.3 is 20.3 Å². The lowest BCUT2D eigenvalue weighted by Crippen LogP contribution is -2.48. The van der Waals surface area contributed by atoms with E-state index in [0.717, 1.165) is 16.9 Å². The van der Waals surface area contributed by atoms with Gasteiger partial charge in [0.1, 0.15) is 5.69 Å². The van der Waals surface area contributed by atoms with E-state index in [0.29, 0.717) is 17.0 Å². The normalized spacial score (nSPS) is 15.4. The van der Waals surface area contributed by atoms with Gasteiger partial charge in [0, 0.05) is 14.1 Å². The average Bonchev–Trinajstić information content (AvgIpc) is 3.07. The molecule has 0 fully saturated rings. The van der Waals surface area contributed by atoms with Crippen molar-refractivity contribution in [3.63, 3.8) is 0 Å². The number of benzene rings is 2. The molecular formula is C26H29N5O4. The second-order valence-electron chi connectivity index (χ2n) is 8.32. The Morgan fingerprint density at radius 1 is 1.06 bits per heavy atom. The molecule has 0 aliphatic carbocycles. The van der Waals surface area contributed by atoms with E-state index in [-0.39, 0.29) is 18.7 Å². The van der Waals surface area contributed by atoms with Gasteiger partial charge in [0.2, 0.25) is 0 Å². The molecule has 2 amide bonds. The zero-order valence-corrected chi connectivity index (χ0v) is 20.2. The maximum Gasteiger partial charge on any atom is 0.338 e. The van der Waals surface area contributed by atoms with Crippen LogP contribution in [0, 0.1) is 6.92 Å². The number of hydrogen-bond acceptors (Lipinski definition) is 5. The Bertz CT molecular complexity index is 1330. The van der Waals surface area contributed by atoms with Gasteiger partial charge in [0.25, 0.3) is 5.56 Å². The van der Waals surface area contributed by atoms with Crippen LogP contribution in [-0.2, 0) is 16.6 Å². The highest BCUT2D eigenvalue weighted by Crippen LogP contribution is 2.29. The largest absolute Gasteiger partial charge is 0.463 e. The number of carbonyl (C=O) groups excluding carboxylic acids is 2. The Morgan fingerprint density at radius 2 is 1.69 bits per heavy atom. The minimum absolute atomic E-state index is 0.125. The van der Waals surface area contributed by atoms with Crippen LogP contribution in [0.3, 0.4) is 0 Å². The molecule has 9 nitrogen and oxygen atoms in total. The Balaban J connectivity index is 1.78. The van der Waals surface area contributed by atoms with Crippen molar-refractivity contribution in [3.05, 3.63) is 93.5 Å². The van der Waals surface area contributed by atoms with Gasteiger partial charge in [-0.05, 0) is 31.5 Å². The molecule has 2 aromatic carbocycles. The second-order valence-corrected chi connectivity index (χ2v) is 8.32. The summed E-state index contributed by atoms with van der Waals surface area (Å²) in [6.07, 6.45) is 0. The Kier molecular flexibility index (Phi) is 6.77. The van der Waals surface area contributed by atoms with Gasteiger partial charge in [-0.3, -0.25) is 9.48 Å². The molecule has 0 spiro atoms. The molecule has 2 heterocycles. The molecule has 2 N–H and O–H groups in total. The number of hydrogen-bond donors (Lipinski definition) is 2. The predicted molar refractivity (Wildman–Crippen MR) is 134 cm³/mol. The number of nitrogens with one attached hydrogen (secondary N) is 2. The molecule has 1 aliphatic heterocycles. The van der Waals surface area contributed by atoms with E-state index < -0.39 is 18.0 Å². The molecule has 0 bridgehead atoms. The molecule has 3 aromatic rings. The number of urea groups is 1. The third kappa shape index (κ3) is 4.57. The minimum atomic E-state index is -0.676. The lowest BCUT2D eigenvalue weighted by atomic mass is 9.95. The Morgan fingerprint density at radius 3 is 2.31 bits per heavy atom. The first-order chi connectivity index (χ1) is 16.8. The van der Waals surface area contributed by atoms with Gasteiger partial charge in [-0.2, -0.15) is 0 Å². The van der Waals surface area contributed by atoms with Crippen LogP contribution in [0.2, 0.25) is 0 Å². The smallest absolute Gasteiger partial charge is 0.338 e. The Hall–Kier alpha value is -4.27. The van der Waals surface area contributed by atoms with Gasteiger partial charge in [-0.25, -0.2) is 14.3 Å². The van der Waals surface area contributed by atoms with Gasteiger partial charge in [-0.15, -0.1) is 0 Å². The number of amides is 2. The number of likely N-dealkylation sites (N-methyl/N-ethyl adjacent to an activating group) is 1. The monoisotopic (exact) mass is 475 g/mol. The van der Waals surface area contributed by atoms with Crippen molar-refractivity contribution in [1.82, 2.24) is 20.0 Å². The molecule has 0 saturated carbocycles. The van der Waals surface area contributed by atoms with Crippen LogP contribution >= 0.6 is 0 Å². The molecule has 9 heteroatoms. The van der Waals surface area contributed by atoms with Crippen molar-refractivity contribution in [1.29, 1.82) is 0 Å². The summed E-state index contributed by atoms with van der Waals surface area (Å²) < 4.78 is 8.72. The van der Waals surface area contributed by atoms with E-state index in [1.165, 1.54) is 0 Å². The summed E-state index contributed by atoms with van der Waals surface area (Å²) in [5, 5.41) is 5.59. The number of aromatic nitrogens is 2. The average molecular weight is 476 g/mol. The van der Waals surface area contributed by atoms with Gasteiger partial charge in [-0.1, -0.05) is 48.5 Å². The summed E-state index contributed by atoms with van der Waals surface area (Å²) in [6.45, 7) is 3.91. The summed E-state index contributed by atoms with van der Waals surface area (Å²) in [7, 11) is 3.59. The molecule has 1 aromatic heterocycles. The highest BCUT2D eigenvalue weighted by atomic mass is 16.5. The standard InChI is InChI=1S/C26H29N5O4/c1-5-35-25(33)21-20(27-26(34)28-22(21)18-12-8-6-9-13-18)16-29(3)23-17(2)30(4)31(24(23)32)19-14-10-7-11-15-19/h6-15,22H,5,16H2,1-4H3,(H2,27,28,34)/t22-/m0/s1. The highest BCUT2D eigenvalue weighted by molar-refractivity contribution is 5.95. The summed E-state index contributed by atoms with van der Waals surface area (Å²) in [5.74, 6) is -0.524. The van der Waals surface area contributed by atoms with Crippen LogP contribution in [0.4, 0.5) is 10.5 Å². The summed E-state index contributed by atoms with van der Waals surface area (Å²) in [5.41, 5.74) is 3.22. The SMILES string of the molecule is CCOC(=O)C1=C(CN(C)c2c(C)n(C)n(-c3ccccc3)c2=O)NC(=O)N[C@H]1c1ccccc1. The predicted octanol–water partition coefficient (Wildman–Crippen LogP) is 2.79. The number of para-hydroxylation sites is 1. The topological polar surface area (TPSA) is 97.6 Å². The van der Waals surface area contributed by atoms with Gasteiger partial charge >= 0.3 is 12.0 Å². The summed E-state index contributed by atoms with van der Waals surface area (Å²) in [4.78, 5) is 40.8. The van der Waals surface area contributed by atoms with Crippen molar-refractivity contribution >= 4 is 17.7 Å². The van der Waals surface area contributed by atoms with Crippen LogP contribution in [0.25, 0.3) is 5.69 Å². The van der Waals surface area contributed by atoms with Crippen LogP contribution in [0.15, 0.2) is 76.7 Å². The molecule has 0 unspecified atom stereocenters. The van der Waals surface area contributed by atoms with Crippen molar-refractivity contribution in [2.75, 3.05) is 25.1 Å². The summed E-state index contributed by atoms with van der Waals surface area (Å²) in [6, 6.07) is 17.5. The van der Waals surface area contributed by atoms with Gasteiger partial charge in [0.05, 0.1) is 41.8 Å². The minimum Gasteiger partial charge on any atom is -0.463 e. The highest BCUT2D eigenvalue weighted by Gasteiger charge is 2.34. The van der Waals surface area contributed by atoms with E-state index in [1.54, 1.807) is 28.2 Å². The molecule has 1 atom stereocenters. The molecular weight excluding hydrogens is 446 g/mol. The van der Waals surface area contributed by atoms with Gasteiger partial charge in [0.15, 0.2) is 0 Å². The molecule has 0 saturated heterocycles. The van der Waals surface area contributed by atoms with E-state index in [1.807, 2.05) is 74.6 Å². The number of esters is 1. The number of rotatable bonds is 7. The lowest BCUT2D eigenvalue weighted by molar-refractivity contribution is -0.139. The lowest BCUT2D eigenvalue weighted by Gasteiger charge is -2.31. The summed E-state index contributed by atoms with van der Waals surface area (Å²) >= 11 is 0. The molecule has 182 valence electrons. The first kappa shape index (κ1) is 23.9. The first-order valence-electron chi connectivity index (χ1n) is 11.4. The maximum absolute atomic E-state index is 13.5. The molecule has 35 heavy (non-hydrogen) atoms. The van der Waals surface area contributed by atoms with Crippen LogP contribution in [0.1, 0.15) is 24.2 Å². The zero-order chi connectivity index (χ0) is 25.1. The van der Waals surface area contributed by atoms with Crippen LogP contribution in [-0.4, -0.2) is 41.6 Å². The zero-order valence-electron chi connectivity index (χ0n) is 20.2. The van der Waals surface area contributed by atoms with Crippen molar-refractivity contribution in [3.8, 4) is 5.69 Å².